The van der Waals surface area contributed by atoms with Crippen molar-refractivity contribution in [2.24, 2.45) is 4.99 Å². The highest BCUT2D eigenvalue weighted by Crippen LogP contribution is 2.45. The molecule has 4 rings (SSSR count). The monoisotopic (exact) mass is 498 g/mol. The molecule has 9 heteroatoms. The van der Waals surface area contributed by atoms with Crippen molar-refractivity contribution in [2.75, 3.05) is 40.3 Å². The molecule has 0 aliphatic carbocycles. The van der Waals surface area contributed by atoms with E-state index in [9.17, 15) is 9.59 Å². The van der Waals surface area contributed by atoms with Crippen LogP contribution in [0.5, 0.6) is 5.75 Å². The molecule has 1 saturated heterocycles. The highest BCUT2D eigenvalue weighted by molar-refractivity contribution is 8.16. The van der Waals surface area contributed by atoms with E-state index in [1.807, 2.05) is 67.2 Å². The molecule has 0 N–H and O–H groups in total. The first-order valence-corrected chi connectivity index (χ1v) is 12.7. The molecule has 1 fully saturated rings. The Hall–Kier alpha value is -2.78. The number of benzene rings is 1. The van der Waals surface area contributed by atoms with Crippen LogP contribution in [0, 0.1) is 0 Å². The van der Waals surface area contributed by atoms with Gasteiger partial charge in [0.05, 0.1) is 30.8 Å². The minimum atomic E-state index is -0.644. The van der Waals surface area contributed by atoms with Crippen molar-refractivity contribution in [3.05, 3.63) is 52.2 Å². The summed E-state index contributed by atoms with van der Waals surface area (Å²) in [5.74, 6) is 0.416. The van der Waals surface area contributed by atoms with Crippen LogP contribution < -0.4 is 4.74 Å². The van der Waals surface area contributed by atoms with Crippen LogP contribution in [-0.2, 0) is 14.3 Å². The lowest BCUT2D eigenvalue weighted by molar-refractivity contribution is -0.150. The summed E-state index contributed by atoms with van der Waals surface area (Å²) in [5, 5.41) is 2.74. The van der Waals surface area contributed by atoms with Gasteiger partial charge in [-0.05, 0) is 57.8 Å². The van der Waals surface area contributed by atoms with Crippen molar-refractivity contribution in [1.82, 2.24) is 14.7 Å². The number of ether oxygens (including phenoxy) is 2. The van der Waals surface area contributed by atoms with Crippen molar-refractivity contribution in [3.63, 3.8) is 0 Å². The summed E-state index contributed by atoms with van der Waals surface area (Å²) in [6.45, 7) is 10.6. The Labute approximate surface area is 211 Å². The smallest absolute Gasteiger partial charge is 0.338 e. The number of rotatable bonds is 5. The number of hydrogen-bond donors (Lipinski definition) is 0. The van der Waals surface area contributed by atoms with Gasteiger partial charge in [0.2, 0.25) is 5.91 Å². The SMILES string of the molecule is COc1ccc(C2C(C(=O)OC(C)(C)C)=C(C)N=C3SC=C(CC(=O)N4CCN(C)CC4)N32)cc1. The molecule has 35 heavy (non-hydrogen) atoms. The van der Waals surface area contributed by atoms with Crippen LogP contribution in [0.4, 0.5) is 0 Å². The van der Waals surface area contributed by atoms with E-state index in [4.69, 9.17) is 14.5 Å². The van der Waals surface area contributed by atoms with Crippen LogP contribution in [0.15, 0.2) is 51.6 Å². The normalized spacial score (nSPS) is 20.9. The number of methoxy groups -OCH3 is 1. The van der Waals surface area contributed by atoms with E-state index in [0.717, 1.165) is 48.4 Å². The topological polar surface area (TPSA) is 74.7 Å². The van der Waals surface area contributed by atoms with Crippen molar-refractivity contribution >= 4 is 28.8 Å². The molecule has 188 valence electrons. The van der Waals surface area contributed by atoms with Crippen molar-refractivity contribution in [3.8, 4) is 5.75 Å². The van der Waals surface area contributed by atoms with Gasteiger partial charge in [-0.2, -0.15) is 0 Å². The number of allylic oxidation sites excluding steroid dienone is 1. The summed E-state index contributed by atoms with van der Waals surface area (Å²) in [6.07, 6.45) is 0.253. The molecule has 0 aromatic heterocycles. The van der Waals surface area contributed by atoms with Gasteiger partial charge in [0, 0.05) is 31.9 Å². The van der Waals surface area contributed by atoms with Gasteiger partial charge in [-0.1, -0.05) is 23.9 Å². The Balaban J connectivity index is 1.68. The number of nitrogens with zero attached hydrogens (tertiary/aromatic N) is 4. The number of esters is 1. The van der Waals surface area contributed by atoms with E-state index in [1.165, 1.54) is 11.8 Å². The number of thioether (sulfide) groups is 1. The molecule has 8 nitrogen and oxygen atoms in total. The van der Waals surface area contributed by atoms with E-state index >= 15 is 0 Å². The predicted molar refractivity (Wildman–Crippen MR) is 138 cm³/mol. The lowest BCUT2D eigenvalue weighted by Gasteiger charge is -2.38. The van der Waals surface area contributed by atoms with Crippen molar-refractivity contribution in [1.29, 1.82) is 0 Å². The van der Waals surface area contributed by atoms with Crippen LogP contribution in [-0.4, -0.2) is 77.7 Å². The molecule has 1 aromatic carbocycles. The number of amides is 1. The van der Waals surface area contributed by atoms with Gasteiger partial charge >= 0.3 is 5.97 Å². The molecule has 1 aromatic rings. The number of carbonyl (C=O) groups excluding carboxylic acids is 2. The molecule has 1 amide bonds. The summed E-state index contributed by atoms with van der Waals surface area (Å²) >= 11 is 1.48. The first-order valence-electron chi connectivity index (χ1n) is 11.9. The Bertz CT molecular complexity index is 1080. The summed E-state index contributed by atoms with van der Waals surface area (Å²) in [4.78, 5) is 37.5. The lowest BCUT2D eigenvalue weighted by Crippen LogP contribution is -2.47. The summed E-state index contributed by atoms with van der Waals surface area (Å²) in [6, 6.07) is 7.21. The molecule has 0 saturated carbocycles. The van der Waals surface area contributed by atoms with E-state index in [2.05, 4.69) is 11.9 Å². The van der Waals surface area contributed by atoms with E-state index in [0.29, 0.717) is 11.3 Å². The molecule has 1 unspecified atom stereocenters. The fourth-order valence-corrected chi connectivity index (χ4v) is 5.35. The minimum Gasteiger partial charge on any atom is -0.497 e. The molecule has 0 bridgehead atoms. The van der Waals surface area contributed by atoms with Gasteiger partial charge in [0.15, 0.2) is 5.17 Å². The molecular formula is C26H34N4O4S. The second-order valence-corrected chi connectivity index (χ2v) is 10.9. The van der Waals surface area contributed by atoms with Crippen LogP contribution in [0.1, 0.15) is 45.7 Å². The zero-order valence-electron chi connectivity index (χ0n) is 21.3. The van der Waals surface area contributed by atoms with Crippen LogP contribution in [0.2, 0.25) is 0 Å². The molecule has 0 spiro atoms. The molecule has 3 heterocycles. The van der Waals surface area contributed by atoms with Crippen molar-refractivity contribution in [2.45, 2.75) is 45.8 Å². The average molecular weight is 499 g/mol. The number of amidine groups is 1. The maximum Gasteiger partial charge on any atom is 0.338 e. The highest BCUT2D eigenvalue weighted by Gasteiger charge is 2.42. The zero-order valence-corrected chi connectivity index (χ0v) is 22.1. The third kappa shape index (κ3) is 5.56. The van der Waals surface area contributed by atoms with E-state index < -0.39 is 17.6 Å². The van der Waals surface area contributed by atoms with Crippen molar-refractivity contribution < 1.29 is 19.1 Å². The minimum absolute atomic E-state index is 0.0878. The third-order valence-corrected chi connectivity index (χ3v) is 7.13. The standard InChI is InChI=1S/C26H34N4O4S/c1-17-22(24(32)34-26(2,3)4)23(18-7-9-20(33-6)10-8-18)30-19(16-35-25(30)27-17)15-21(31)29-13-11-28(5)12-14-29/h7-10,16,23H,11-15H2,1-6H3. The molecular weight excluding hydrogens is 464 g/mol. The first-order chi connectivity index (χ1) is 16.6. The fourth-order valence-electron chi connectivity index (χ4n) is 4.39. The lowest BCUT2D eigenvalue weighted by atomic mass is 9.93. The maximum absolute atomic E-state index is 13.4. The van der Waals surface area contributed by atoms with E-state index in [-0.39, 0.29) is 12.3 Å². The first kappa shape index (κ1) is 25.3. The molecule has 3 aliphatic rings. The number of fused-ring (bicyclic) bond motifs is 1. The van der Waals surface area contributed by atoms with Crippen LogP contribution in [0.3, 0.4) is 0 Å². The van der Waals surface area contributed by atoms with Gasteiger partial charge in [0.25, 0.3) is 0 Å². The second-order valence-electron chi connectivity index (χ2n) is 10.0. The summed E-state index contributed by atoms with van der Waals surface area (Å²) in [7, 11) is 3.69. The Morgan fingerprint density at radius 1 is 1.11 bits per heavy atom. The molecule has 0 radical (unpaired) electrons. The van der Waals surface area contributed by atoms with Gasteiger partial charge < -0.3 is 24.2 Å². The van der Waals surface area contributed by atoms with Gasteiger partial charge in [0.1, 0.15) is 11.4 Å². The number of hydrogen-bond acceptors (Lipinski definition) is 8. The highest BCUT2D eigenvalue weighted by atomic mass is 32.2. The summed E-state index contributed by atoms with van der Waals surface area (Å²) in [5.41, 5.74) is 2.20. The van der Waals surface area contributed by atoms with Gasteiger partial charge in [-0.3, -0.25) is 4.79 Å². The number of carbonyl (C=O) groups is 2. The number of likely N-dealkylation sites (N-methyl/N-ethyl adjacent to an activating group) is 1. The second kappa shape index (κ2) is 10.1. The van der Waals surface area contributed by atoms with Crippen LogP contribution >= 0.6 is 11.8 Å². The largest absolute Gasteiger partial charge is 0.497 e. The molecule has 3 aliphatic heterocycles. The third-order valence-electron chi connectivity index (χ3n) is 6.24. The Morgan fingerprint density at radius 2 is 1.77 bits per heavy atom. The van der Waals surface area contributed by atoms with Gasteiger partial charge in [-0.25, -0.2) is 9.79 Å². The van der Waals surface area contributed by atoms with Gasteiger partial charge in [-0.15, -0.1) is 0 Å². The Morgan fingerprint density at radius 3 is 2.37 bits per heavy atom. The number of piperazine rings is 1. The number of aliphatic imine (C=N–C) groups is 1. The quantitative estimate of drug-likeness (QED) is 0.572. The zero-order chi connectivity index (χ0) is 25.3. The maximum atomic E-state index is 13.4. The summed E-state index contributed by atoms with van der Waals surface area (Å²) < 4.78 is 11.1. The van der Waals surface area contributed by atoms with E-state index in [1.54, 1.807) is 7.11 Å². The van der Waals surface area contributed by atoms with Crippen LogP contribution in [0.25, 0.3) is 0 Å². The molecule has 1 atom stereocenters. The fraction of sp³-hybridized carbons (Fsp3) is 0.500. The average Bonchev–Trinajstić information content (AvgIpc) is 3.19. The Kier molecular flexibility index (Phi) is 7.28. The predicted octanol–water partition coefficient (Wildman–Crippen LogP) is 3.78.